The van der Waals surface area contributed by atoms with Crippen LogP contribution < -0.4 is 10.1 Å². The van der Waals surface area contributed by atoms with Gasteiger partial charge in [0, 0.05) is 18.5 Å². The number of alkyl halides is 3. The van der Waals surface area contributed by atoms with Crippen molar-refractivity contribution in [1.82, 2.24) is 10.3 Å². The molecule has 1 heterocycles. The smallest absolute Gasteiger partial charge is 0.389 e. The molecule has 0 saturated carbocycles. The molecule has 0 spiro atoms. The number of halogens is 3. The van der Waals surface area contributed by atoms with Gasteiger partial charge in [0.2, 0.25) is 0 Å². The molecule has 1 aromatic carbocycles. The Kier molecular flexibility index (Phi) is 17.8. The Morgan fingerprint density at radius 3 is 2.10 bits per heavy atom. The molecule has 0 radical (unpaired) electrons. The molecule has 1 aromatic heterocycles. The average molecular weight is 593 g/mol. The number of hydrogen-bond acceptors (Lipinski definition) is 4. The normalized spacial score (nSPS) is 12.4. The second-order valence-corrected chi connectivity index (χ2v) is 10.5. The number of aromatic nitrogens is 1. The number of rotatable bonds is 11. The van der Waals surface area contributed by atoms with Crippen molar-refractivity contribution in [3.8, 4) is 5.75 Å². The van der Waals surface area contributed by atoms with Gasteiger partial charge in [-0.3, -0.25) is 14.6 Å². The van der Waals surface area contributed by atoms with E-state index in [1.54, 1.807) is 12.1 Å². The number of benzene rings is 1. The van der Waals surface area contributed by atoms with Gasteiger partial charge in [-0.25, -0.2) is 0 Å². The molecule has 234 valence electrons. The van der Waals surface area contributed by atoms with E-state index in [1.807, 2.05) is 33.8 Å². The lowest BCUT2D eigenvalue weighted by Crippen LogP contribution is -2.26. The van der Waals surface area contributed by atoms with Crippen LogP contribution in [0.4, 0.5) is 13.2 Å². The highest BCUT2D eigenvalue weighted by Crippen LogP contribution is 2.31. The zero-order valence-electron chi connectivity index (χ0n) is 26.1. The summed E-state index contributed by atoms with van der Waals surface area (Å²) in [6.45, 7) is 16.5. The van der Waals surface area contributed by atoms with Gasteiger partial charge in [-0.05, 0) is 74.4 Å². The monoisotopic (exact) mass is 592 g/mol. The van der Waals surface area contributed by atoms with Crippen LogP contribution in [0.2, 0.25) is 0 Å². The number of amides is 1. The van der Waals surface area contributed by atoms with Crippen molar-refractivity contribution in [3.63, 3.8) is 0 Å². The fourth-order valence-corrected chi connectivity index (χ4v) is 3.29. The number of nitrogens with one attached hydrogen (secondary N) is 1. The maximum absolute atomic E-state index is 12.8. The van der Waals surface area contributed by atoms with E-state index in [1.165, 1.54) is 36.9 Å². The molecular formula is C33H47F3N2O4. The SMILES string of the molecule is C/C=C(\C)c1ccc(OC(CCC(F)(F)F)c2ccc(C(=O)NCCC(=O)O)cc2)cn1.C/C=C\CC(C)(C)C.CC. The molecule has 2 aromatic rings. The number of ether oxygens (including phenoxy) is 1. The number of allylic oxidation sites excluding steroid dienone is 4. The Bertz CT molecular complexity index is 1120. The first-order chi connectivity index (χ1) is 19.6. The zero-order chi connectivity index (χ0) is 32.3. The first-order valence-electron chi connectivity index (χ1n) is 14.2. The molecule has 42 heavy (non-hydrogen) atoms. The number of carboxylic acids is 1. The van der Waals surface area contributed by atoms with Gasteiger partial charge in [0.05, 0.1) is 18.3 Å². The quantitative estimate of drug-likeness (QED) is 0.254. The minimum Gasteiger partial charge on any atom is -0.484 e. The van der Waals surface area contributed by atoms with Crippen molar-refractivity contribution < 1.29 is 32.6 Å². The fraction of sp³-hybridized carbons (Fsp3) is 0.485. The molecule has 0 bridgehead atoms. The van der Waals surface area contributed by atoms with Crippen LogP contribution in [0.5, 0.6) is 5.75 Å². The van der Waals surface area contributed by atoms with Crippen molar-refractivity contribution in [1.29, 1.82) is 0 Å². The summed E-state index contributed by atoms with van der Waals surface area (Å²) in [6.07, 6.45) is 2.09. The van der Waals surface area contributed by atoms with Crippen LogP contribution in [0.25, 0.3) is 5.57 Å². The highest BCUT2D eigenvalue weighted by atomic mass is 19.4. The highest BCUT2D eigenvalue weighted by molar-refractivity contribution is 5.94. The van der Waals surface area contributed by atoms with E-state index in [2.05, 4.69) is 50.1 Å². The van der Waals surface area contributed by atoms with Gasteiger partial charge in [0.1, 0.15) is 11.9 Å². The standard InChI is InChI=1S/C23H25F3N2O4.C8H16.C2H6/c1-3-15(2)19-9-8-18(14-28-19)32-20(10-12-23(24,25)26)16-4-6-17(7-5-16)22(31)27-13-11-21(29)30;1-5-6-7-8(2,3)4;1-2/h3-9,14,20H,10-13H2,1-2H3,(H,27,31)(H,29,30);5-6H,7H2,1-4H3;1-2H3/b15-3+;6-5-;. The van der Waals surface area contributed by atoms with Crippen molar-refractivity contribution in [3.05, 3.63) is 77.6 Å². The minimum absolute atomic E-state index is 0.0249. The molecule has 0 aliphatic carbocycles. The van der Waals surface area contributed by atoms with Crippen LogP contribution in [0.1, 0.15) is 109 Å². The van der Waals surface area contributed by atoms with Gasteiger partial charge in [-0.1, -0.05) is 65.0 Å². The summed E-state index contributed by atoms with van der Waals surface area (Å²) in [6, 6.07) is 9.37. The van der Waals surface area contributed by atoms with E-state index in [9.17, 15) is 22.8 Å². The molecule has 9 heteroatoms. The summed E-state index contributed by atoms with van der Waals surface area (Å²) in [5, 5.41) is 11.1. The van der Waals surface area contributed by atoms with E-state index < -0.39 is 30.6 Å². The second kappa shape index (κ2) is 19.5. The largest absolute Gasteiger partial charge is 0.484 e. The Balaban J connectivity index is 0.00000145. The summed E-state index contributed by atoms with van der Waals surface area (Å²) in [5.74, 6) is -1.17. The van der Waals surface area contributed by atoms with E-state index >= 15 is 0 Å². The summed E-state index contributed by atoms with van der Waals surface area (Å²) in [5.41, 5.74) is 2.91. The van der Waals surface area contributed by atoms with Crippen LogP contribution in [0.3, 0.4) is 0 Å². The van der Waals surface area contributed by atoms with Gasteiger partial charge in [-0.15, -0.1) is 0 Å². The first kappa shape index (κ1) is 38.4. The third-order valence-electron chi connectivity index (χ3n) is 5.68. The fourth-order valence-electron chi connectivity index (χ4n) is 3.29. The van der Waals surface area contributed by atoms with Crippen LogP contribution in [0.15, 0.2) is 60.8 Å². The Labute approximate surface area is 249 Å². The zero-order valence-corrected chi connectivity index (χ0v) is 26.1. The van der Waals surface area contributed by atoms with Gasteiger partial charge in [0.15, 0.2) is 0 Å². The molecule has 2 rings (SSSR count). The summed E-state index contributed by atoms with van der Waals surface area (Å²) in [7, 11) is 0. The summed E-state index contributed by atoms with van der Waals surface area (Å²) < 4.78 is 44.3. The molecule has 0 aliphatic heterocycles. The minimum atomic E-state index is -4.34. The predicted octanol–water partition coefficient (Wildman–Crippen LogP) is 9.20. The number of nitrogens with zero attached hydrogens (tertiary/aromatic N) is 1. The van der Waals surface area contributed by atoms with Gasteiger partial charge >= 0.3 is 12.1 Å². The third-order valence-corrected chi connectivity index (χ3v) is 5.68. The van der Waals surface area contributed by atoms with Crippen molar-refractivity contribution in [2.75, 3.05) is 6.54 Å². The third kappa shape index (κ3) is 17.3. The molecule has 0 aliphatic rings. The molecule has 0 saturated heterocycles. The maximum Gasteiger partial charge on any atom is 0.389 e. The second-order valence-electron chi connectivity index (χ2n) is 10.5. The Morgan fingerprint density at radius 1 is 1.05 bits per heavy atom. The lowest BCUT2D eigenvalue weighted by Gasteiger charge is -2.21. The topological polar surface area (TPSA) is 88.5 Å². The van der Waals surface area contributed by atoms with E-state index in [4.69, 9.17) is 9.84 Å². The van der Waals surface area contributed by atoms with Crippen molar-refractivity contribution >= 4 is 17.4 Å². The Hall–Kier alpha value is -3.62. The highest BCUT2D eigenvalue weighted by Gasteiger charge is 2.29. The van der Waals surface area contributed by atoms with Crippen LogP contribution in [-0.4, -0.2) is 34.7 Å². The molecule has 6 nitrogen and oxygen atoms in total. The first-order valence-corrected chi connectivity index (χ1v) is 14.2. The molecule has 2 N–H and O–H groups in total. The van der Waals surface area contributed by atoms with Crippen LogP contribution in [0, 0.1) is 5.41 Å². The summed E-state index contributed by atoms with van der Waals surface area (Å²) >= 11 is 0. The number of carbonyl (C=O) groups is 2. The molecular weight excluding hydrogens is 545 g/mol. The van der Waals surface area contributed by atoms with Crippen molar-refractivity contribution in [2.45, 2.75) is 93.4 Å². The van der Waals surface area contributed by atoms with E-state index in [0.29, 0.717) is 16.7 Å². The lowest BCUT2D eigenvalue weighted by molar-refractivity contribution is -0.139. The number of carboxylic acid groups (broad SMARTS) is 1. The number of hydrogen-bond donors (Lipinski definition) is 2. The average Bonchev–Trinajstić information content (AvgIpc) is 2.94. The van der Waals surface area contributed by atoms with Crippen LogP contribution in [-0.2, 0) is 4.79 Å². The van der Waals surface area contributed by atoms with Crippen LogP contribution >= 0.6 is 0 Å². The Morgan fingerprint density at radius 2 is 1.67 bits per heavy atom. The maximum atomic E-state index is 12.8. The van der Waals surface area contributed by atoms with Crippen molar-refractivity contribution in [2.24, 2.45) is 5.41 Å². The number of carbonyl (C=O) groups excluding carboxylic acids is 1. The number of aliphatic carboxylic acids is 1. The lowest BCUT2D eigenvalue weighted by atomic mass is 9.92. The summed E-state index contributed by atoms with van der Waals surface area (Å²) in [4.78, 5) is 26.9. The predicted molar refractivity (Wildman–Crippen MR) is 163 cm³/mol. The number of pyridine rings is 1. The van der Waals surface area contributed by atoms with E-state index in [0.717, 1.165) is 11.3 Å². The molecule has 1 amide bonds. The van der Waals surface area contributed by atoms with E-state index in [-0.39, 0.29) is 24.9 Å². The van der Waals surface area contributed by atoms with Gasteiger partial charge in [-0.2, -0.15) is 13.2 Å². The molecule has 0 fully saturated rings. The molecule has 1 atom stereocenters. The van der Waals surface area contributed by atoms with Gasteiger partial charge in [0.25, 0.3) is 5.91 Å². The molecule has 1 unspecified atom stereocenters. The van der Waals surface area contributed by atoms with Gasteiger partial charge < -0.3 is 15.2 Å².